The summed E-state index contributed by atoms with van der Waals surface area (Å²) in [6.45, 7) is 2.08. The molecule has 0 saturated heterocycles. The van der Waals surface area contributed by atoms with E-state index in [1.807, 2.05) is 12.1 Å². The first-order valence-corrected chi connectivity index (χ1v) is 5.38. The van der Waals surface area contributed by atoms with Crippen molar-refractivity contribution in [2.45, 2.75) is 6.92 Å². The highest BCUT2D eigenvalue weighted by Gasteiger charge is 2.02. The van der Waals surface area contributed by atoms with E-state index in [9.17, 15) is 0 Å². The first-order valence-electron chi connectivity index (χ1n) is 4.06. The fourth-order valence-electron chi connectivity index (χ4n) is 1.28. The van der Waals surface area contributed by atoms with E-state index in [0.29, 0.717) is 0 Å². The number of halogens is 1. The van der Waals surface area contributed by atoms with Gasteiger partial charge in [-0.3, -0.25) is 0 Å². The molecule has 1 aromatic heterocycles. The molecule has 0 aliphatic carbocycles. The zero-order valence-electron chi connectivity index (χ0n) is 7.25. The summed E-state index contributed by atoms with van der Waals surface area (Å²) in [7, 11) is 0. The summed E-state index contributed by atoms with van der Waals surface area (Å²) in [4.78, 5) is 0. The number of aryl methyl sites for hydroxylation is 1. The fourth-order valence-corrected chi connectivity index (χ4v) is 2.16. The predicted octanol–water partition coefficient (Wildman–Crippen LogP) is 4.38. The Kier molecular flexibility index (Phi) is 2.38. The Morgan fingerprint density at radius 1 is 1.23 bits per heavy atom. The van der Waals surface area contributed by atoms with Crippen molar-refractivity contribution < 1.29 is 0 Å². The van der Waals surface area contributed by atoms with Gasteiger partial charge in [0.15, 0.2) is 0 Å². The summed E-state index contributed by atoms with van der Waals surface area (Å²) < 4.78 is 0. The monoisotopic (exact) mass is 208 g/mol. The molecule has 0 unspecified atom stereocenters. The van der Waals surface area contributed by atoms with Gasteiger partial charge in [-0.2, -0.15) is 11.3 Å². The molecule has 13 heavy (non-hydrogen) atoms. The predicted molar refractivity (Wildman–Crippen MR) is 59.5 cm³/mol. The van der Waals surface area contributed by atoms with Gasteiger partial charge >= 0.3 is 0 Å². The van der Waals surface area contributed by atoms with Gasteiger partial charge < -0.3 is 0 Å². The molecular formula is C11H9ClS. The van der Waals surface area contributed by atoms with E-state index in [-0.39, 0.29) is 0 Å². The minimum Gasteiger partial charge on any atom is -0.152 e. The Morgan fingerprint density at radius 3 is 2.77 bits per heavy atom. The van der Waals surface area contributed by atoms with Crippen LogP contribution in [0, 0.1) is 6.92 Å². The van der Waals surface area contributed by atoms with Gasteiger partial charge in [0.2, 0.25) is 0 Å². The maximum atomic E-state index is 6.09. The molecule has 0 spiro atoms. The Bertz CT molecular complexity index is 404. The average molecular weight is 209 g/mol. The van der Waals surface area contributed by atoms with Crippen molar-refractivity contribution in [3.8, 4) is 11.1 Å². The second-order valence-corrected chi connectivity index (χ2v) is 4.18. The molecule has 0 fully saturated rings. The van der Waals surface area contributed by atoms with E-state index in [1.54, 1.807) is 11.3 Å². The minimum atomic E-state index is 0.823. The van der Waals surface area contributed by atoms with Gasteiger partial charge in [0.05, 0.1) is 0 Å². The molecule has 0 bridgehead atoms. The van der Waals surface area contributed by atoms with Crippen molar-refractivity contribution in [3.05, 3.63) is 45.6 Å². The van der Waals surface area contributed by atoms with Crippen molar-refractivity contribution in [3.63, 3.8) is 0 Å². The smallest absolute Gasteiger partial charge is 0.0484 e. The van der Waals surface area contributed by atoms with Crippen LogP contribution in [0.25, 0.3) is 11.1 Å². The molecule has 66 valence electrons. The Labute approximate surface area is 86.8 Å². The normalized spacial score (nSPS) is 10.3. The molecule has 0 atom stereocenters. The van der Waals surface area contributed by atoms with Crippen LogP contribution in [0.3, 0.4) is 0 Å². The van der Waals surface area contributed by atoms with E-state index >= 15 is 0 Å². The van der Waals surface area contributed by atoms with E-state index in [1.165, 1.54) is 11.1 Å². The molecule has 2 heteroatoms. The number of thiophene rings is 1. The summed E-state index contributed by atoms with van der Waals surface area (Å²) >= 11 is 7.78. The Balaban J connectivity index is 2.57. The molecule has 0 radical (unpaired) electrons. The lowest BCUT2D eigenvalue weighted by atomic mass is 10.1. The highest BCUT2D eigenvalue weighted by molar-refractivity contribution is 7.08. The van der Waals surface area contributed by atoms with Crippen LogP contribution in [0.1, 0.15) is 5.56 Å². The quantitative estimate of drug-likeness (QED) is 0.653. The molecule has 0 aliphatic heterocycles. The molecule has 2 rings (SSSR count). The maximum absolute atomic E-state index is 6.09. The fraction of sp³-hybridized carbons (Fsp3) is 0.0909. The Morgan fingerprint density at radius 2 is 2.08 bits per heavy atom. The van der Waals surface area contributed by atoms with Gasteiger partial charge in [0.25, 0.3) is 0 Å². The second kappa shape index (κ2) is 3.52. The van der Waals surface area contributed by atoms with Crippen molar-refractivity contribution in [1.82, 2.24) is 0 Å². The molecule has 0 saturated carbocycles. The van der Waals surface area contributed by atoms with Gasteiger partial charge in [-0.05, 0) is 41.4 Å². The summed E-state index contributed by atoms with van der Waals surface area (Å²) in [5, 5.41) is 5.00. The number of hydrogen-bond donors (Lipinski definition) is 0. The van der Waals surface area contributed by atoms with Crippen molar-refractivity contribution in [1.29, 1.82) is 0 Å². The summed E-state index contributed by atoms with van der Waals surface area (Å²) in [6.07, 6.45) is 0. The van der Waals surface area contributed by atoms with Crippen LogP contribution in [-0.4, -0.2) is 0 Å². The molecule has 0 amide bonds. The maximum Gasteiger partial charge on any atom is 0.0484 e. The molecule has 0 N–H and O–H groups in total. The molecule has 1 heterocycles. The summed E-state index contributed by atoms with van der Waals surface area (Å²) in [5.41, 5.74) is 3.58. The second-order valence-electron chi connectivity index (χ2n) is 3.00. The molecule has 2 aromatic rings. The summed E-state index contributed by atoms with van der Waals surface area (Å²) in [6, 6.07) is 8.18. The lowest BCUT2D eigenvalue weighted by molar-refractivity contribution is 1.47. The lowest BCUT2D eigenvalue weighted by Crippen LogP contribution is -1.78. The average Bonchev–Trinajstić information content (AvgIpc) is 2.61. The third-order valence-corrected chi connectivity index (χ3v) is 2.97. The largest absolute Gasteiger partial charge is 0.152 e. The van der Waals surface area contributed by atoms with Gasteiger partial charge in [-0.25, -0.2) is 0 Å². The SMILES string of the molecule is Cc1ccc(Cl)c(-c2ccsc2)c1. The van der Waals surface area contributed by atoms with Crippen molar-refractivity contribution in [2.75, 3.05) is 0 Å². The molecule has 0 aliphatic rings. The number of benzene rings is 1. The molecule has 0 nitrogen and oxygen atoms in total. The van der Waals surface area contributed by atoms with Gasteiger partial charge in [-0.15, -0.1) is 0 Å². The zero-order chi connectivity index (χ0) is 9.26. The Hall–Kier alpha value is -0.790. The van der Waals surface area contributed by atoms with Crippen LogP contribution < -0.4 is 0 Å². The first kappa shape index (κ1) is 8.79. The van der Waals surface area contributed by atoms with Gasteiger partial charge in [-0.1, -0.05) is 23.2 Å². The van der Waals surface area contributed by atoms with E-state index in [2.05, 4.69) is 29.8 Å². The highest BCUT2D eigenvalue weighted by atomic mass is 35.5. The topological polar surface area (TPSA) is 0 Å². The highest BCUT2D eigenvalue weighted by Crippen LogP contribution is 2.29. The van der Waals surface area contributed by atoms with E-state index in [0.717, 1.165) is 10.6 Å². The van der Waals surface area contributed by atoms with Crippen molar-refractivity contribution >= 4 is 22.9 Å². The zero-order valence-corrected chi connectivity index (χ0v) is 8.82. The number of rotatable bonds is 1. The molecular weight excluding hydrogens is 200 g/mol. The first-order chi connectivity index (χ1) is 6.27. The van der Waals surface area contributed by atoms with Gasteiger partial charge in [0, 0.05) is 10.6 Å². The van der Waals surface area contributed by atoms with Gasteiger partial charge in [0.1, 0.15) is 0 Å². The molecule has 1 aromatic carbocycles. The van der Waals surface area contributed by atoms with E-state index in [4.69, 9.17) is 11.6 Å². The lowest BCUT2D eigenvalue weighted by Gasteiger charge is -2.02. The van der Waals surface area contributed by atoms with E-state index < -0.39 is 0 Å². The number of hydrogen-bond acceptors (Lipinski definition) is 1. The third kappa shape index (κ3) is 1.77. The van der Waals surface area contributed by atoms with Crippen LogP contribution in [-0.2, 0) is 0 Å². The van der Waals surface area contributed by atoms with Crippen LogP contribution in [0.4, 0.5) is 0 Å². The van der Waals surface area contributed by atoms with Crippen LogP contribution >= 0.6 is 22.9 Å². The standard InChI is InChI=1S/C11H9ClS/c1-8-2-3-11(12)10(6-8)9-4-5-13-7-9/h2-7H,1H3. The summed E-state index contributed by atoms with van der Waals surface area (Å²) in [5.74, 6) is 0. The van der Waals surface area contributed by atoms with Crippen LogP contribution in [0.5, 0.6) is 0 Å². The van der Waals surface area contributed by atoms with Crippen LogP contribution in [0.2, 0.25) is 5.02 Å². The van der Waals surface area contributed by atoms with Crippen molar-refractivity contribution in [2.24, 2.45) is 0 Å². The third-order valence-electron chi connectivity index (χ3n) is 1.95. The minimum absolute atomic E-state index is 0.823. The van der Waals surface area contributed by atoms with Crippen LogP contribution in [0.15, 0.2) is 35.0 Å².